The first-order valence-corrected chi connectivity index (χ1v) is 8.87. The highest BCUT2D eigenvalue weighted by Gasteiger charge is 2.22. The lowest BCUT2D eigenvalue weighted by molar-refractivity contribution is -0.118. The van der Waals surface area contributed by atoms with E-state index in [9.17, 15) is 9.59 Å². The molecule has 2 heterocycles. The number of carbonyl (C=O) groups is 2. The number of nitrogens with two attached hydrogens (primary N) is 1. The first kappa shape index (κ1) is 20.9. The van der Waals surface area contributed by atoms with Crippen molar-refractivity contribution in [1.29, 1.82) is 0 Å². The monoisotopic (exact) mass is 392 g/mol. The average molecular weight is 393 g/mol. The van der Waals surface area contributed by atoms with Gasteiger partial charge in [-0.2, -0.15) is 0 Å². The summed E-state index contributed by atoms with van der Waals surface area (Å²) < 4.78 is 1.78. The highest BCUT2D eigenvalue weighted by molar-refractivity contribution is 5.92. The standard InChI is InChI=1S/C18H24N6O2.ClH/c19-17(25)8-11-23(12-14-4-2-1-3-5-14)18(26)16-13-24(22-21-16)15-6-9-20-10-7-15;/h1-5,13,15,20H,6-12H2,(H2,19,25);1H. The molecular formula is C18H25ClN6O2. The number of nitrogens with zero attached hydrogens (tertiary/aromatic N) is 4. The second-order valence-corrected chi connectivity index (χ2v) is 6.49. The molecule has 27 heavy (non-hydrogen) atoms. The SMILES string of the molecule is Cl.NC(=O)CCN(Cc1ccccc1)C(=O)c1cn(C2CCNCC2)nn1. The molecular weight excluding hydrogens is 368 g/mol. The van der Waals surface area contributed by atoms with Crippen LogP contribution in [0.2, 0.25) is 0 Å². The van der Waals surface area contributed by atoms with Gasteiger partial charge in [-0.15, -0.1) is 17.5 Å². The van der Waals surface area contributed by atoms with Crippen LogP contribution in [-0.2, 0) is 11.3 Å². The van der Waals surface area contributed by atoms with Crippen LogP contribution >= 0.6 is 12.4 Å². The van der Waals surface area contributed by atoms with Crippen molar-refractivity contribution in [2.24, 2.45) is 5.73 Å². The predicted molar refractivity (Wildman–Crippen MR) is 103 cm³/mol. The normalized spacial score (nSPS) is 14.4. The van der Waals surface area contributed by atoms with Crippen molar-refractivity contribution >= 4 is 24.2 Å². The topological polar surface area (TPSA) is 106 Å². The quantitative estimate of drug-likeness (QED) is 0.735. The molecule has 9 heteroatoms. The van der Waals surface area contributed by atoms with Crippen molar-refractivity contribution in [3.63, 3.8) is 0 Å². The number of primary amides is 1. The lowest BCUT2D eigenvalue weighted by atomic mass is 10.1. The molecule has 0 radical (unpaired) electrons. The van der Waals surface area contributed by atoms with Gasteiger partial charge in [0.1, 0.15) is 0 Å². The van der Waals surface area contributed by atoms with Gasteiger partial charge in [-0.25, -0.2) is 4.68 Å². The molecule has 2 aromatic rings. The summed E-state index contributed by atoms with van der Waals surface area (Å²) >= 11 is 0. The van der Waals surface area contributed by atoms with Crippen LogP contribution in [0.3, 0.4) is 0 Å². The lowest BCUT2D eigenvalue weighted by Gasteiger charge is -2.22. The zero-order valence-electron chi connectivity index (χ0n) is 15.1. The molecule has 0 aliphatic carbocycles. The molecule has 0 unspecified atom stereocenters. The Morgan fingerprint density at radius 1 is 1.22 bits per heavy atom. The predicted octanol–water partition coefficient (Wildman–Crippen LogP) is 1.14. The van der Waals surface area contributed by atoms with Crippen molar-refractivity contribution in [2.45, 2.75) is 31.8 Å². The summed E-state index contributed by atoms with van der Waals surface area (Å²) in [6, 6.07) is 9.90. The van der Waals surface area contributed by atoms with Gasteiger partial charge in [0.25, 0.3) is 5.91 Å². The third-order valence-electron chi connectivity index (χ3n) is 4.54. The molecule has 2 amide bonds. The Morgan fingerprint density at radius 3 is 2.59 bits per heavy atom. The maximum Gasteiger partial charge on any atom is 0.276 e. The number of piperidine rings is 1. The van der Waals surface area contributed by atoms with Gasteiger partial charge in [-0.1, -0.05) is 35.5 Å². The van der Waals surface area contributed by atoms with Gasteiger partial charge in [0, 0.05) is 19.5 Å². The number of amides is 2. The first-order valence-electron chi connectivity index (χ1n) is 8.87. The number of benzene rings is 1. The van der Waals surface area contributed by atoms with E-state index in [1.807, 2.05) is 30.3 Å². The van der Waals surface area contributed by atoms with Gasteiger partial charge in [-0.3, -0.25) is 9.59 Å². The van der Waals surface area contributed by atoms with E-state index in [0.717, 1.165) is 31.5 Å². The van der Waals surface area contributed by atoms with Crippen LogP contribution in [0.5, 0.6) is 0 Å². The highest BCUT2D eigenvalue weighted by atomic mass is 35.5. The zero-order chi connectivity index (χ0) is 18.4. The van der Waals surface area contributed by atoms with Crippen molar-refractivity contribution in [3.05, 3.63) is 47.8 Å². The fourth-order valence-electron chi connectivity index (χ4n) is 3.09. The number of hydrogen-bond donors (Lipinski definition) is 2. The highest BCUT2D eigenvalue weighted by Crippen LogP contribution is 2.18. The van der Waals surface area contributed by atoms with Crippen molar-refractivity contribution < 1.29 is 9.59 Å². The van der Waals surface area contributed by atoms with Crippen LogP contribution < -0.4 is 11.1 Å². The summed E-state index contributed by atoms with van der Waals surface area (Å²) in [6.07, 6.45) is 3.75. The molecule has 1 aliphatic heterocycles. The Hall–Kier alpha value is -2.45. The Balaban J connectivity index is 0.00000261. The second-order valence-electron chi connectivity index (χ2n) is 6.49. The second kappa shape index (κ2) is 10.0. The zero-order valence-corrected chi connectivity index (χ0v) is 15.9. The van der Waals surface area contributed by atoms with E-state index < -0.39 is 5.91 Å². The van der Waals surface area contributed by atoms with Crippen molar-refractivity contribution in [3.8, 4) is 0 Å². The van der Waals surface area contributed by atoms with Crippen LogP contribution in [0.25, 0.3) is 0 Å². The maximum atomic E-state index is 12.9. The molecule has 0 atom stereocenters. The van der Waals surface area contributed by atoms with Gasteiger partial charge in [-0.05, 0) is 31.5 Å². The fourth-order valence-corrected chi connectivity index (χ4v) is 3.09. The van der Waals surface area contributed by atoms with Crippen LogP contribution in [0.4, 0.5) is 0 Å². The summed E-state index contributed by atoms with van der Waals surface area (Å²) in [5.74, 6) is -0.676. The molecule has 1 saturated heterocycles. The molecule has 0 saturated carbocycles. The first-order chi connectivity index (χ1) is 12.6. The molecule has 146 valence electrons. The number of carbonyl (C=O) groups excluding carboxylic acids is 2. The van der Waals surface area contributed by atoms with Crippen LogP contribution in [0, 0.1) is 0 Å². The fraction of sp³-hybridized carbons (Fsp3) is 0.444. The summed E-state index contributed by atoms with van der Waals surface area (Å²) in [4.78, 5) is 25.7. The van der Waals surface area contributed by atoms with E-state index in [1.165, 1.54) is 0 Å². The number of hydrogen-bond acceptors (Lipinski definition) is 5. The number of halogens is 1. The molecule has 1 aromatic heterocycles. The number of nitrogens with one attached hydrogen (secondary N) is 1. The molecule has 8 nitrogen and oxygen atoms in total. The summed E-state index contributed by atoms with van der Waals surface area (Å²) in [6.45, 7) is 2.52. The van der Waals surface area contributed by atoms with Gasteiger partial charge < -0.3 is 16.0 Å². The van der Waals surface area contributed by atoms with E-state index in [4.69, 9.17) is 5.73 Å². The third-order valence-corrected chi connectivity index (χ3v) is 4.54. The maximum absolute atomic E-state index is 12.9. The van der Waals surface area contributed by atoms with E-state index in [2.05, 4.69) is 15.6 Å². The summed E-state index contributed by atoms with van der Waals surface area (Å²) in [5.41, 5.74) is 6.54. The van der Waals surface area contributed by atoms with Gasteiger partial charge >= 0.3 is 0 Å². The molecule has 1 aromatic carbocycles. The van der Waals surface area contributed by atoms with Gasteiger partial charge in [0.05, 0.1) is 12.2 Å². The minimum Gasteiger partial charge on any atom is -0.370 e. The smallest absolute Gasteiger partial charge is 0.276 e. The molecule has 1 aliphatic rings. The summed E-state index contributed by atoms with van der Waals surface area (Å²) in [5, 5.41) is 11.5. The minimum absolute atomic E-state index is 0. The van der Waals surface area contributed by atoms with E-state index in [1.54, 1.807) is 15.8 Å². The minimum atomic E-state index is -0.436. The van der Waals surface area contributed by atoms with Crippen molar-refractivity contribution in [2.75, 3.05) is 19.6 Å². The molecule has 3 rings (SSSR count). The molecule has 0 spiro atoms. The van der Waals surface area contributed by atoms with Gasteiger partial charge in [0.2, 0.25) is 5.91 Å². The molecule has 1 fully saturated rings. The lowest BCUT2D eigenvalue weighted by Crippen LogP contribution is -2.34. The Bertz CT molecular complexity index is 745. The van der Waals surface area contributed by atoms with E-state index >= 15 is 0 Å². The molecule has 3 N–H and O–H groups in total. The Kier molecular flexibility index (Phi) is 7.75. The number of rotatable bonds is 7. The van der Waals surface area contributed by atoms with E-state index in [-0.39, 0.29) is 37.3 Å². The van der Waals surface area contributed by atoms with E-state index in [0.29, 0.717) is 12.2 Å². The average Bonchev–Trinajstić information content (AvgIpc) is 3.16. The van der Waals surface area contributed by atoms with Crippen LogP contribution in [0.1, 0.15) is 41.4 Å². The Labute approximate surface area is 164 Å². The number of aromatic nitrogens is 3. The van der Waals surface area contributed by atoms with Crippen LogP contribution in [-0.4, -0.2) is 51.3 Å². The summed E-state index contributed by atoms with van der Waals surface area (Å²) in [7, 11) is 0. The van der Waals surface area contributed by atoms with Crippen molar-refractivity contribution in [1.82, 2.24) is 25.2 Å². The largest absolute Gasteiger partial charge is 0.370 e. The third kappa shape index (κ3) is 5.77. The van der Waals surface area contributed by atoms with Crippen LogP contribution in [0.15, 0.2) is 36.5 Å². The molecule has 0 bridgehead atoms. The Morgan fingerprint density at radius 2 is 1.93 bits per heavy atom. The van der Waals surface area contributed by atoms with Gasteiger partial charge in [0.15, 0.2) is 5.69 Å².